The zero-order chi connectivity index (χ0) is 10.4. The van der Waals surface area contributed by atoms with Crippen LogP contribution in [0.15, 0.2) is 5.11 Å². The third kappa shape index (κ3) is 3.93. The first-order valence-corrected chi connectivity index (χ1v) is 4.54. The number of hydrogen-bond acceptors (Lipinski definition) is 4. The molecule has 0 radical (unpaired) electrons. The highest BCUT2D eigenvalue weighted by Gasteiger charge is 2.32. The summed E-state index contributed by atoms with van der Waals surface area (Å²) in [4.78, 5) is 2.62. The first-order valence-electron chi connectivity index (χ1n) is 4.54. The summed E-state index contributed by atoms with van der Waals surface area (Å²) in [6.45, 7) is 5.54. The van der Waals surface area contributed by atoms with Gasteiger partial charge in [0.15, 0.2) is 5.79 Å². The highest BCUT2D eigenvalue weighted by atomic mass is 16.7. The summed E-state index contributed by atoms with van der Waals surface area (Å²) in [6, 6.07) is 0. The summed E-state index contributed by atoms with van der Waals surface area (Å²) in [5.74, 6) is -0.501. The van der Waals surface area contributed by atoms with Crippen molar-refractivity contribution in [3.8, 4) is 0 Å². The van der Waals surface area contributed by atoms with Gasteiger partial charge in [-0.2, -0.15) is 0 Å². The van der Waals surface area contributed by atoms with Gasteiger partial charge >= 0.3 is 0 Å². The number of nitrogens with zero attached hydrogens (tertiary/aromatic N) is 3. The predicted molar refractivity (Wildman–Crippen MR) is 49.7 cm³/mol. The van der Waals surface area contributed by atoms with Crippen LogP contribution < -0.4 is 0 Å². The minimum atomic E-state index is -0.501. The van der Waals surface area contributed by atoms with E-state index < -0.39 is 5.79 Å². The molecule has 0 aromatic carbocycles. The third-order valence-corrected chi connectivity index (χ3v) is 1.77. The van der Waals surface area contributed by atoms with Crippen molar-refractivity contribution in [1.29, 1.82) is 0 Å². The second-order valence-corrected chi connectivity index (χ2v) is 3.48. The SMILES string of the molecule is CC1(C)OCC(COCCN=[N+]=[N-])O1. The molecule has 1 aliphatic heterocycles. The molecule has 1 unspecified atom stereocenters. The lowest BCUT2D eigenvalue weighted by atomic mass is 10.4. The summed E-state index contributed by atoms with van der Waals surface area (Å²) >= 11 is 0. The molecule has 0 aromatic rings. The van der Waals surface area contributed by atoms with Gasteiger partial charge in [-0.3, -0.25) is 0 Å². The molecule has 1 aliphatic rings. The maximum Gasteiger partial charge on any atom is 0.163 e. The molecule has 1 fully saturated rings. The van der Waals surface area contributed by atoms with E-state index in [0.717, 1.165) is 0 Å². The average Bonchev–Trinajstić information content (AvgIpc) is 2.45. The third-order valence-electron chi connectivity index (χ3n) is 1.77. The Morgan fingerprint density at radius 2 is 2.43 bits per heavy atom. The zero-order valence-electron chi connectivity index (χ0n) is 8.47. The molecule has 0 aliphatic carbocycles. The lowest BCUT2D eigenvalue weighted by Gasteiger charge is -2.16. The molecule has 14 heavy (non-hydrogen) atoms. The van der Waals surface area contributed by atoms with Gasteiger partial charge in [0, 0.05) is 11.5 Å². The largest absolute Gasteiger partial charge is 0.379 e. The van der Waals surface area contributed by atoms with E-state index in [2.05, 4.69) is 10.0 Å². The van der Waals surface area contributed by atoms with Gasteiger partial charge in [0.05, 0.1) is 19.8 Å². The summed E-state index contributed by atoms with van der Waals surface area (Å²) in [5, 5.41) is 3.35. The first kappa shape index (κ1) is 11.3. The van der Waals surface area contributed by atoms with E-state index in [-0.39, 0.29) is 6.10 Å². The van der Waals surface area contributed by atoms with Gasteiger partial charge in [0.25, 0.3) is 0 Å². The van der Waals surface area contributed by atoms with Crippen LogP contribution in [0.4, 0.5) is 0 Å². The molecule has 0 amide bonds. The van der Waals surface area contributed by atoms with Crippen LogP contribution in [0.1, 0.15) is 13.8 Å². The van der Waals surface area contributed by atoms with Crippen molar-refractivity contribution in [3.05, 3.63) is 10.4 Å². The van der Waals surface area contributed by atoms with Gasteiger partial charge in [-0.25, -0.2) is 0 Å². The summed E-state index contributed by atoms with van der Waals surface area (Å²) < 4.78 is 16.1. The van der Waals surface area contributed by atoms with Gasteiger partial charge in [-0.1, -0.05) is 5.11 Å². The fraction of sp³-hybridized carbons (Fsp3) is 1.00. The fourth-order valence-electron chi connectivity index (χ4n) is 1.21. The highest BCUT2D eigenvalue weighted by molar-refractivity contribution is 4.70. The van der Waals surface area contributed by atoms with Gasteiger partial charge in [0.1, 0.15) is 6.10 Å². The minimum Gasteiger partial charge on any atom is -0.379 e. The summed E-state index contributed by atoms with van der Waals surface area (Å²) in [6.07, 6.45) is -0.0175. The highest BCUT2D eigenvalue weighted by Crippen LogP contribution is 2.22. The first-order chi connectivity index (χ1) is 6.64. The molecule has 1 saturated heterocycles. The predicted octanol–water partition coefficient (Wildman–Crippen LogP) is 1.46. The molecule has 0 aromatic heterocycles. The molecule has 0 spiro atoms. The Balaban J connectivity index is 2.06. The summed E-state index contributed by atoms with van der Waals surface area (Å²) in [7, 11) is 0. The molecule has 80 valence electrons. The topological polar surface area (TPSA) is 76.5 Å². The van der Waals surface area contributed by atoms with Crippen LogP contribution in [0.3, 0.4) is 0 Å². The molecule has 1 rings (SSSR count). The molecule has 1 heterocycles. The van der Waals surface area contributed by atoms with E-state index in [1.54, 1.807) is 0 Å². The lowest BCUT2D eigenvalue weighted by molar-refractivity contribution is -0.144. The van der Waals surface area contributed by atoms with Crippen LogP contribution in [0.5, 0.6) is 0 Å². The van der Waals surface area contributed by atoms with Crippen LogP contribution in [-0.4, -0.2) is 38.3 Å². The van der Waals surface area contributed by atoms with Crippen LogP contribution in [0, 0.1) is 0 Å². The Morgan fingerprint density at radius 3 is 3.00 bits per heavy atom. The zero-order valence-corrected chi connectivity index (χ0v) is 8.47. The molecular weight excluding hydrogens is 186 g/mol. The Kier molecular flexibility index (Phi) is 4.16. The van der Waals surface area contributed by atoms with Crippen LogP contribution in [0.2, 0.25) is 0 Å². The maximum atomic E-state index is 8.00. The van der Waals surface area contributed by atoms with Crippen molar-refractivity contribution in [2.45, 2.75) is 25.7 Å². The molecule has 1 atom stereocenters. The van der Waals surface area contributed by atoms with Crippen LogP contribution in [-0.2, 0) is 14.2 Å². The lowest BCUT2D eigenvalue weighted by Crippen LogP contribution is -2.24. The Labute approximate surface area is 82.8 Å². The van der Waals surface area contributed by atoms with E-state index in [1.165, 1.54) is 0 Å². The van der Waals surface area contributed by atoms with Crippen molar-refractivity contribution in [3.63, 3.8) is 0 Å². The van der Waals surface area contributed by atoms with E-state index in [1.807, 2.05) is 13.8 Å². The Morgan fingerprint density at radius 1 is 1.64 bits per heavy atom. The smallest absolute Gasteiger partial charge is 0.163 e. The van der Waals surface area contributed by atoms with E-state index in [0.29, 0.717) is 26.4 Å². The molecule has 0 N–H and O–H groups in total. The average molecular weight is 201 g/mol. The van der Waals surface area contributed by atoms with Gasteiger partial charge in [0.2, 0.25) is 0 Å². The van der Waals surface area contributed by atoms with E-state index in [9.17, 15) is 0 Å². The van der Waals surface area contributed by atoms with Gasteiger partial charge in [-0.15, -0.1) is 0 Å². The van der Waals surface area contributed by atoms with Crippen molar-refractivity contribution in [2.24, 2.45) is 5.11 Å². The fourth-order valence-corrected chi connectivity index (χ4v) is 1.21. The Hall–Kier alpha value is -0.810. The molecule has 0 saturated carbocycles. The van der Waals surface area contributed by atoms with Crippen molar-refractivity contribution in [2.75, 3.05) is 26.4 Å². The number of ether oxygens (including phenoxy) is 3. The molecule has 6 nitrogen and oxygen atoms in total. The van der Waals surface area contributed by atoms with E-state index in [4.69, 9.17) is 19.7 Å². The van der Waals surface area contributed by atoms with Crippen LogP contribution in [0.25, 0.3) is 10.4 Å². The van der Waals surface area contributed by atoms with Crippen molar-refractivity contribution in [1.82, 2.24) is 0 Å². The minimum absolute atomic E-state index is 0.0175. The normalized spacial score (nSPS) is 24.6. The van der Waals surface area contributed by atoms with Gasteiger partial charge < -0.3 is 14.2 Å². The molecule has 6 heteroatoms. The van der Waals surface area contributed by atoms with E-state index >= 15 is 0 Å². The second-order valence-electron chi connectivity index (χ2n) is 3.48. The molecule has 0 bridgehead atoms. The van der Waals surface area contributed by atoms with Crippen molar-refractivity contribution >= 4 is 0 Å². The quantitative estimate of drug-likeness (QED) is 0.292. The second kappa shape index (κ2) is 5.17. The summed E-state index contributed by atoms with van der Waals surface area (Å²) in [5.41, 5.74) is 8.00. The maximum absolute atomic E-state index is 8.00. The van der Waals surface area contributed by atoms with Gasteiger partial charge in [-0.05, 0) is 19.4 Å². The standard InChI is InChI=1S/C8H15N3O3/c1-8(2)13-6-7(14-8)5-12-4-3-10-11-9/h7H,3-6H2,1-2H3. The molecular formula is C8H15N3O3. The number of rotatable bonds is 5. The Bertz CT molecular complexity index is 226. The van der Waals surface area contributed by atoms with Crippen LogP contribution >= 0.6 is 0 Å². The monoisotopic (exact) mass is 201 g/mol. The number of azide groups is 1. The number of hydrogen-bond donors (Lipinski definition) is 0. The van der Waals surface area contributed by atoms with Crippen molar-refractivity contribution < 1.29 is 14.2 Å².